The summed E-state index contributed by atoms with van der Waals surface area (Å²) in [6.07, 6.45) is -0.309. The van der Waals surface area contributed by atoms with Crippen molar-refractivity contribution in [2.75, 3.05) is 13.7 Å². The van der Waals surface area contributed by atoms with Crippen LogP contribution in [0.4, 0.5) is 4.39 Å². The Kier molecular flexibility index (Phi) is 6.28. The fraction of sp³-hybridized carbons (Fsp3) is 0.300. The number of esters is 1. The van der Waals surface area contributed by atoms with Gasteiger partial charge in [0.25, 0.3) is 0 Å². The SMILES string of the molecule is CCOC(=O)CC(=O)C(C)c1ccc(-c2ccc(OC)cc2)c(F)c1. The smallest absolute Gasteiger partial charge is 0.313 e. The summed E-state index contributed by atoms with van der Waals surface area (Å²) in [6, 6.07) is 11.7. The molecule has 0 heterocycles. The topological polar surface area (TPSA) is 52.6 Å². The van der Waals surface area contributed by atoms with E-state index in [9.17, 15) is 14.0 Å². The van der Waals surface area contributed by atoms with Crippen molar-refractivity contribution in [1.82, 2.24) is 0 Å². The molecule has 0 aromatic heterocycles. The number of hydrogen-bond donors (Lipinski definition) is 0. The third kappa shape index (κ3) is 4.66. The quantitative estimate of drug-likeness (QED) is 0.560. The molecule has 0 N–H and O–H groups in total. The predicted molar refractivity (Wildman–Crippen MR) is 93.1 cm³/mol. The molecule has 1 atom stereocenters. The van der Waals surface area contributed by atoms with Crippen LogP contribution in [0.5, 0.6) is 5.75 Å². The highest BCUT2D eigenvalue weighted by Crippen LogP contribution is 2.28. The minimum atomic E-state index is -0.580. The van der Waals surface area contributed by atoms with Gasteiger partial charge < -0.3 is 9.47 Å². The Bertz CT molecular complexity index is 753. The van der Waals surface area contributed by atoms with E-state index in [1.165, 1.54) is 6.07 Å². The van der Waals surface area contributed by atoms with Gasteiger partial charge in [0.15, 0.2) is 5.78 Å². The normalized spacial score (nSPS) is 11.7. The lowest BCUT2D eigenvalue weighted by molar-refractivity contribution is -0.145. The molecule has 0 aliphatic rings. The minimum absolute atomic E-state index is 0.228. The fourth-order valence-corrected chi connectivity index (χ4v) is 2.50. The van der Waals surface area contributed by atoms with Crippen LogP contribution in [0.15, 0.2) is 42.5 Å². The van der Waals surface area contributed by atoms with Crippen molar-refractivity contribution < 1.29 is 23.5 Å². The van der Waals surface area contributed by atoms with Crippen LogP contribution in [0.2, 0.25) is 0 Å². The van der Waals surface area contributed by atoms with Crippen LogP contribution in [-0.4, -0.2) is 25.5 Å². The summed E-state index contributed by atoms with van der Waals surface area (Å²) in [4.78, 5) is 23.5. The molecule has 2 rings (SSSR count). The van der Waals surface area contributed by atoms with Gasteiger partial charge in [-0.1, -0.05) is 31.2 Å². The predicted octanol–water partition coefficient (Wildman–Crippen LogP) is 4.13. The molecule has 0 aliphatic heterocycles. The molecule has 0 bridgehead atoms. The second kappa shape index (κ2) is 8.42. The van der Waals surface area contributed by atoms with Gasteiger partial charge in [-0.15, -0.1) is 0 Å². The Morgan fingerprint density at radius 3 is 2.36 bits per heavy atom. The molecule has 0 amide bonds. The van der Waals surface area contributed by atoms with Gasteiger partial charge in [-0.3, -0.25) is 9.59 Å². The number of Topliss-reactive ketones (excluding diaryl/α,β-unsaturated/α-hetero) is 1. The summed E-state index contributed by atoms with van der Waals surface area (Å²) in [5.41, 5.74) is 1.69. The fourth-order valence-electron chi connectivity index (χ4n) is 2.50. The standard InChI is InChI=1S/C20H21FO4/c1-4-25-20(23)12-19(22)13(2)15-7-10-17(18(21)11-15)14-5-8-16(24-3)9-6-14/h5-11,13H,4,12H2,1-3H3. The number of methoxy groups -OCH3 is 1. The van der Waals surface area contributed by atoms with E-state index < -0.39 is 17.7 Å². The lowest BCUT2D eigenvalue weighted by Crippen LogP contribution is -2.16. The van der Waals surface area contributed by atoms with Crippen LogP contribution in [0.1, 0.15) is 31.7 Å². The zero-order valence-electron chi connectivity index (χ0n) is 14.5. The highest BCUT2D eigenvalue weighted by Gasteiger charge is 2.20. The summed E-state index contributed by atoms with van der Waals surface area (Å²) in [7, 11) is 1.57. The average molecular weight is 344 g/mol. The molecular weight excluding hydrogens is 323 g/mol. The van der Waals surface area contributed by atoms with E-state index in [2.05, 4.69) is 0 Å². The van der Waals surface area contributed by atoms with Gasteiger partial charge >= 0.3 is 5.97 Å². The van der Waals surface area contributed by atoms with E-state index in [4.69, 9.17) is 9.47 Å². The Morgan fingerprint density at radius 1 is 1.12 bits per heavy atom. The van der Waals surface area contributed by atoms with Crippen molar-refractivity contribution in [3.8, 4) is 16.9 Å². The Labute approximate surface area is 146 Å². The van der Waals surface area contributed by atoms with E-state index in [0.717, 1.165) is 5.56 Å². The number of rotatable bonds is 7. The molecule has 0 aliphatic carbocycles. The third-order valence-electron chi connectivity index (χ3n) is 4.00. The van der Waals surface area contributed by atoms with Crippen LogP contribution >= 0.6 is 0 Å². The van der Waals surface area contributed by atoms with E-state index in [1.54, 1.807) is 57.4 Å². The van der Waals surface area contributed by atoms with E-state index in [-0.39, 0.29) is 18.8 Å². The van der Waals surface area contributed by atoms with Crippen LogP contribution in [0.25, 0.3) is 11.1 Å². The molecule has 0 saturated carbocycles. The van der Waals surface area contributed by atoms with Crippen LogP contribution < -0.4 is 4.74 Å². The Hall–Kier alpha value is -2.69. The molecule has 5 heteroatoms. The number of carbonyl (C=O) groups is 2. The monoisotopic (exact) mass is 344 g/mol. The lowest BCUT2D eigenvalue weighted by atomic mass is 9.92. The summed E-state index contributed by atoms with van der Waals surface area (Å²) in [5.74, 6) is -1.16. The van der Waals surface area contributed by atoms with Crippen molar-refractivity contribution in [2.45, 2.75) is 26.2 Å². The number of ketones is 1. The summed E-state index contributed by atoms with van der Waals surface area (Å²) >= 11 is 0. The Balaban J connectivity index is 2.17. The minimum Gasteiger partial charge on any atom is -0.497 e. The van der Waals surface area contributed by atoms with Crippen molar-refractivity contribution in [3.63, 3.8) is 0 Å². The maximum absolute atomic E-state index is 14.5. The highest BCUT2D eigenvalue weighted by molar-refractivity contribution is 5.99. The second-order valence-corrected chi connectivity index (χ2v) is 5.64. The molecule has 2 aromatic rings. The van der Waals surface area contributed by atoms with Gasteiger partial charge in [0.05, 0.1) is 13.7 Å². The van der Waals surface area contributed by atoms with Gasteiger partial charge in [-0.2, -0.15) is 0 Å². The number of ether oxygens (including phenoxy) is 2. The number of carbonyl (C=O) groups excluding carboxylic acids is 2. The molecule has 25 heavy (non-hydrogen) atoms. The summed E-state index contributed by atoms with van der Waals surface area (Å²) in [6.45, 7) is 3.56. The molecule has 0 fully saturated rings. The van der Waals surface area contributed by atoms with Gasteiger partial charge in [0, 0.05) is 11.5 Å². The number of benzene rings is 2. The van der Waals surface area contributed by atoms with E-state index in [1.807, 2.05) is 0 Å². The van der Waals surface area contributed by atoms with Gasteiger partial charge in [-0.05, 0) is 36.2 Å². The number of hydrogen-bond acceptors (Lipinski definition) is 4. The first-order valence-electron chi connectivity index (χ1n) is 8.08. The molecule has 132 valence electrons. The second-order valence-electron chi connectivity index (χ2n) is 5.64. The molecule has 0 saturated heterocycles. The van der Waals surface area contributed by atoms with Crippen LogP contribution in [0, 0.1) is 5.82 Å². The summed E-state index contributed by atoms with van der Waals surface area (Å²) in [5, 5.41) is 0. The van der Waals surface area contributed by atoms with E-state index >= 15 is 0 Å². The van der Waals surface area contributed by atoms with Crippen molar-refractivity contribution >= 4 is 11.8 Å². The van der Waals surface area contributed by atoms with Gasteiger partial charge in [-0.25, -0.2) is 4.39 Å². The first-order chi connectivity index (χ1) is 12.0. The first-order valence-corrected chi connectivity index (χ1v) is 8.08. The zero-order valence-corrected chi connectivity index (χ0v) is 14.5. The van der Waals surface area contributed by atoms with Gasteiger partial charge in [0.2, 0.25) is 0 Å². The molecule has 0 radical (unpaired) electrons. The summed E-state index contributed by atoms with van der Waals surface area (Å²) < 4.78 is 24.4. The highest BCUT2D eigenvalue weighted by atomic mass is 19.1. The average Bonchev–Trinajstić information content (AvgIpc) is 2.61. The van der Waals surface area contributed by atoms with Crippen LogP contribution in [0.3, 0.4) is 0 Å². The van der Waals surface area contributed by atoms with Gasteiger partial charge in [0.1, 0.15) is 18.0 Å². The van der Waals surface area contributed by atoms with Crippen molar-refractivity contribution in [2.24, 2.45) is 0 Å². The maximum Gasteiger partial charge on any atom is 0.313 e. The van der Waals surface area contributed by atoms with Crippen molar-refractivity contribution in [3.05, 3.63) is 53.8 Å². The van der Waals surface area contributed by atoms with E-state index in [0.29, 0.717) is 16.9 Å². The molecule has 4 nitrogen and oxygen atoms in total. The van der Waals surface area contributed by atoms with Crippen LogP contribution in [-0.2, 0) is 14.3 Å². The third-order valence-corrected chi connectivity index (χ3v) is 4.00. The number of halogens is 1. The Morgan fingerprint density at radius 2 is 1.80 bits per heavy atom. The first kappa shape index (κ1) is 18.6. The zero-order chi connectivity index (χ0) is 18.4. The molecule has 0 spiro atoms. The lowest BCUT2D eigenvalue weighted by Gasteiger charge is -2.12. The van der Waals surface area contributed by atoms with Crippen molar-refractivity contribution in [1.29, 1.82) is 0 Å². The molecule has 1 unspecified atom stereocenters. The molecule has 2 aromatic carbocycles. The maximum atomic E-state index is 14.5. The largest absolute Gasteiger partial charge is 0.497 e. The molecular formula is C20H21FO4.